The molecule has 25 heavy (non-hydrogen) atoms. The Labute approximate surface area is 151 Å². The third-order valence-corrected chi connectivity index (χ3v) is 5.01. The van der Waals surface area contributed by atoms with E-state index in [0.717, 1.165) is 35.1 Å². The lowest BCUT2D eigenvalue weighted by atomic mass is 9.84. The van der Waals surface area contributed by atoms with Crippen molar-refractivity contribution in [3.8, 4) is 0 Å². The van der Waals surface area contributed by atoms with E-state index in [-0.39, 0.29) is 6.42 Å². The predicted octanol–water partition coefficient (Wildman–Crippen LogP) is 5.53. The van der Waals surface area contributed by atoms with Gasteiger partial charge in [-0.15, -0.1) is 0 Å². The van der Waals surface area contributed by atoms with Crippen LogP contribution in [0.3, 0.4) is 0 Å². The summed E-state index contributed by atoms with van der Waals surface area (Å²) < 4.78 is 0. The molecule has 2 aromatic carbocycles. The second kappa shape index (κ2) is 8.15. The monoisotopic (exact) mass is 336 g/mol. The van der Waals surface area contributed by atoms with E-state index in [9.17, 15) is 9.90 Å². The second-order valence-electron chi connectivity index (χ2n) is 6.62. The van der Waals surface area contributed by atoms with Crippen LogP contribution >= 0.6 is 0 Å². The quantitative estimate of drug-likeness (QED) is 0.704. The fraction of sp³-hybridized carbons (Fsp3) is 0.348. The van der Waals surface area contributed by atoms with Crippen molar-refractivity contribution in [2.24, 2.45) is 0 Å². The van der Waals surface area contributed by atoms with E-state index in [0.29, 0.717) is 0 Å². The molecule has 0 aliphatic carbocycles. The van der Waals surface area contributed by atoms with Gasteiger partial charge in [-0.3, -0.25) is 4.79 Å². The lowest BCUT2D eigenvalue weighted by molar-refractivity contribution is -0.136. The fourth-order valence-electron chi connectivity index (χ4n) is 3.64. The number of hydrogen-bond donors (Lipinski definition) is 1. The maximum atomic E-state index is 11.4. The number of rotatable bonds is 6. The van der Waals surface area contributed by atoms with Crippen molar-refractivity contribution < 1.29 is 9.90 Å². The Hall–Kier alpha value is -2.35. The highest BCUT2D eigenvalue weighted by Gasteiger charge is 2.18. The molecule has 0 fully saturated rings. The van der Waals surface area contributed by atoms with Crippen molar-refractivity contribution >= 4 is 18.1 Å². The summed E-state index contributed by atoms with van der Waals surface area (Å²) in [6, 6.07) is 8.36. The maximum Gasteiger partial charge on any atom is 0.307 e. The van der Waals surface area contributed by atoms with Crippen LogP contribution in [0.25, 0.3) is 12.2 Å². The molecule has 0 aliphatic rings. The molecule has 2 heteroatoms. The van der Waals surface area contributed by atoms with E-state index in [1.165, 1.54) is 22.3 Å². The van der Waals surface area contributed by atoms with Crippen molar-refractivity contribution in [2.45, 2.75) is 53.9 Å². The summed E-state index contributed by atoms with van der Waals surface area (Å²) >= 11 is 0. The molecule has 0 bridgehead atoms. The van der Waals surface area contributed by atoms with Crippen molar-refractivity contribution in [3.05, 3.63) is 68.8 Å². The van der Waals surface area contributed by atoms with Crippen LogP contribution in [0.15, 0.2) is 24.3 Å². The molecular formula is C23H28O2. The van der Waals surface area contributed by atoms with Crippen molar-refractivity contribution in [2.75, 3.05) is 0 Å². The molecule has 0 aromatic heterocycles. The first-order valence-electron chi connectivity index (χ1n) is 8.99. The SMILES string of the molecule is CCc1c(C)c(/C=C/c2ccc(C)cc2)c(CC(=O)O)c(C)c1CC. The van der Waals surface area contributed by atoms with Crippen LogP contribution in [0, 0.1) is 20.8 Å². The molecule has 0 amide bonds. The number of carboxylic acids is 1. The number of carboxylic acid groups (broad SMARTS) is 1. The van der Waals surface area contributed by atoms with Gasteiger partial charge in [0.1, 0.15) is 0 Å². The fourth-order valence-corrected chi connectivity index (χ4v) is 3.64. The van der Waals surface area contributed by atoms with Crippen molar-refractivity contribution in [1.82, 2.24) is 0 Å². The largest absolute Gasteiger partial charge is 0.481 e. The number of hydrogen-bond acceptors (Lipinski definition) is 1. The minimum atomic E-state index is -0.779. The Morgan fingerprint density at radius 2 is 1.44 bits per heavy atom. The topological polar surface area (TPSA) is 37.3 Å². The van der Waals surface area contributed by atoms with Gasteiger partial charge >= 0.3 is 5.97 Å². The van der Waals surface area contributed by atoms with E-state index in [2.05, 4.69) is 71.0 Å². The van der Waals surface area contributed by atoms with Crippen LogP contribution in [0.4, 0.5) is 0 Å². The normalized spacial score (nSPS) is 11.2. The predicted molar refractivity (Wildman–Crippen MR) is 106 cm³/mol. The van der Waals surface area contributed by atoms with Crippen LogP contribution in [-0.2, 0) is 24.1 Å². The molecule has 2 nitrogen and oxygen atoms in total. The van der Waals surface area contributed by atoms with Crippen LogP contribution in [0.1, 0.15) is 58.4 Å². The first-order chi connectivity index (χ1) is 11.9. The zero-order valence-electron chi connectivity index (χ0n) is 15.9. The summed E-state index contributed by atoms with van der Waals surface area (Å²) in [5.41, 5.74) is 9.39. The first kappa shape index (κ1) is 19.0. The van der Waals surface area contributed by atoms with Gasteiger partial charge in [0, 0.05) is 0 Å². The molecule has 0 atom stereocenters. The molecule has 0 saturated heterocycles. The number of carbonyl (C=O) groups is 1. The standard InChI is InChI=1S/C23H28O2/c1-6-19-16(4)21(13-12-18-10-8-15(3)9-11-18)22(14-23(24)25)17(5)20(19)7-2/h8-13H,6-7,14H2,1-5H3,(H,24,25)/b13-12+. The van der Waals surface area contributed by atoms with Gasteiger partial charge in [-0.05, 0) is 72.6 Å². The number of aryl methyl sites for hydroxylation is 1. The molecular weight excluding hydrogens is 308 g/mol. The molecule has 0 radical (unpaired) electrons. The second-order valence-corrected chi connectivity index (χ2v) is 6.62. The number of benzene rings is 2. The van der Waals surface area contributed by atoms with E-state index < -0.39 is 5.97 Å². The van der Waals surface area contributed by atoms with Gasteiger partial charge in [-0.2, -0.15) is 0 Å². The lowest BCUT2D eigenvalue weighted by Gasteiger charge is -2.21. The van der Waals surface area contributed by atoms with Crippen LogP contribution < -0.4 is 0 Å². The van der Waals surface area contributed by atoms with E-state index >= 15 is 0 Å². The Balaban J connectivity index is 2.62. The van der Waals surface area contributed by atoms with Gasteiger partial charge in [0.15, 0.2) is 0 Å². The highest BCUT2D eigenvalue weighted by molar-refractivity contribution is 5.79. The van der Waals surface area contributed by atoms with Gasteiger partial charge in [0.25, 0.3) is 0 Å². The summed E-state index contributed by atoms with van der Waals surface area (Å²) in [4.78, 5) is 11.4. The van der Waals surface area contributed by atoms with Crippen molar-refractivity contribution in [3.63, 3.8) is 0 Å². The van der Waals surface area contributed by atoms with Gasteiger partial charge in [0.05, 0.1) is 6.42 Å². The maximum absolute atomic E-state index is 11.4. The smallest absolute Gasteiger partial charge is 0.307 e. The summed E-state index contributed by atoms with van der Waals surface area (Å²) in [5.74, 6) is -0.779. The van der Waals surface area contributed by atoms with Crippen LogP contribution in [0.2, 0.25) is 0 Å². The Kier molecular flexibility index (Phi) is 6.19. The van der Waals surface area contributed by atoms with Gasteiger partial charge in [0.2, 0.25) is 0 Å². The zero-order valence-corrected chi connectivity index (χ0v) is 15.9. The highest BCUT2D eigenvalue weighted by Crippen LogP contribution is 2.30. The van der Waals surface area contributed by atoms with Crippen LogP contribution in [-0.4, -0.2) is 11.1 Å². The van der Waals surface area contributed by atoms with E-state index in [4.69, 9.17) is 0 Å². The Morgan fingerprint density at radius 3 is 1.96 bits per heavy atom. The summed E-state index contributed by atoms with van der Waals surface area (Å²) in [6.45, 7) is 10.6. The van der Waals surface area contributed by atoms with Crippen molar-refractivity contribution in [1.29, 1.82) is 0 Å². The van der Waals surface area contributed by atoms with Crippen LogP contribution in [0.5, 0.6) is 0 Å². The lowest BCUT2D eigenvalue weighted by Crippen LogP contribution is -2.11. The zero-order chi connectivity index (χ0) is 18.6. The Bertz CT molecular complexity index is 796. The average Bonchev–Trinajstić information content (AvgIpc) is 2.58. The minimum Gasteiger partial charge on any atom is -0.481 e. The highest BCUT2D eigenvalue weighted by atomic mass is 16.4. The molecule has 132 valence electrons. The van der Waals surface area contributed by atoms with E-state index in [1.54, 1.807) is 0 Å². The molecule has 0 saturated carbocycles. The summed E-state index contributed by atoms with van der Waals surface area (Å²) in [6.07, 6.45) is 6.14. The molecule has 2 aromatic rings. The summed E-state index contributed by atoms with van der Waals surface area (Å²) in [7, 11) is 0. The molecule has 0 aliphatic heterocycles. The van der Waals surface area contributed by atoms with Gasteiger partial charge in [-0.25, -0.2) is 0 Å². The Morgan fingerprint density at radius 1 is 0.880 bits per heavy atom. The third kappa shape index (κ3) is 4.19. The molecule has 0 heterocycles. The molecule has 0 spiro atoms. The molecule has 0 unspecified atom stereocenters. The number of aliphatic carboxylic acids is 1. The third-order valence-electron chi connectivity index (χ3n) is 5.01. The van der Waals surface area contributed by atoms with Gasteiger partial charge < -0.3 is 5.11 Å². The summed E-state index contributed by atoms with van der Waals surface area (Å²) in [5, 5.41) is 9.39. The first-order valence-corrected chi connectivity index (χ1v) is 8.99. The average molecular weight is 336 g/mol. The molecule has 1 N–H and O–H groups in total. The van der Waals surface area contributed by atoms with Gasteiger partial charge in [-0.1, -0.05) is 55.8 Å². The van der Waals surface area contributed by atoms with E-state index in [1.807, 2.05) is 0 Å². The molecule has 2 rings (SSSR count). The minimum absolute atomic E-state index is 0.0667.